The van der Waals surface area contributed by atoms with Crippen LogP contribution in [0.3, 0.4) is 0 Å². The largest absolute Gasteiger partial charge is 0.459 e. The van der Waals surface area contributed by atoms with Gasteiger partial charge in [-0.05, 0) is 19.9 Å². The van der Waals surface area contributed by atoms with Gasteiger partial charge in [-0.15, -0.1) is 5.11 Å². The molecule has 0 unspecified atom stereocenters. The fraction of sp³-hybridized carbons (Fsp3) is 0.357. The van der Waals surface area contributed by atoms with E-state index >= 15 is 0 Å². The zero-order valence-corrected chi connectivity index (χ0v) is 12.6. The number of methoxy groups -OCH3 is 1. The molecule has 0 saturated carbocycles. The number of esters is 1. The van der Waals surface area contributed by atoms with Crippen LogP contribution < -0.4 is 0 Å². The van der Waals surface area contributed by atoms with Crippen LogP contribution in [-0.2, 0) is 9.53 Å². The van der Waals surface area contributed by atoms with E-state index in [1.54, 1.807) is 5.01 Å². The zero-order valence-electron chi connectivity index (χ0n) is 12.6. The first-order valence-corrected chi connectivity index (χ1v) is 6.56. The summed E-state index contributed by atoms with van der Waals surface area (Å²) in [6, 6.07) is 3.98. The van der Waals surface area contributed by atoms with Gasteiger partial charge in [0.2, 0.25) is 0 Å². The summed E-state index contributed by atoms with van der Waals surface area (Å²) >= 11 is 0. The summed E-state index contributed by atoms with van der Waals surface area (Å²) in [4.78, 5) is 21.4. The van der Waals surface area contributed by atoms with Gasteiger partial charge >= 0.3 is 5.97 Å². The number of carbonyl (C=O) groups is 1. The van der Waals surface area contributed by atoms with Crippen molar-refractivity contribution < 1.29 is 14.5 Å². The third kappa shape index (κ3) is 4.86. The molecule has 0 heterocycles. The second kappa shape index (κ2) is 8.36. The first-order valence-electron chi connectivity index (χ1n) is 6.56. The van der Waals surface area contributed by atoms with Crippen LogP contribution >= 0.6 is 0 Å². The van der Waals surface area contributed by atoms with Crippen molar-refractivity contribution in [3.8, 4) is 11.8 Å². The predicted octanol–water partition coefficient (Wildman–Crippen LogP) is 2.46. The Morgan fingerprint density at radius 3 is 2.64 bits per heavy atom. The molecule has 0 bridgehead atoms. The number of hydrogen-bond acceptors (Lipinski definition) is 6. The molecule has 0 fully saturated rings. The lowest BCUT2D eigenvalue weighted by Crippen LogP contribution is -2.14. The van der Waals surface area contributed by atoms with Gasteiger partial charge in [-0.2, -0.15) is 0 Å². The first kappa shape index (κ1) is 17.1. The van der Waals surface area contributed by atoms with E-state index in [-0.39, 0.29) is 11.3 Å². The van der Waals surface area contributed by atoms with Crippen LogP contribution in [0.25, 0.3) is 0 Å². The number of nitrogens with zero attached hydrogens (tertiary/aromatic N) is 4. The summed E-state index contributed by atoms with van der Waals surface area (Å²) in [7, 11) is 1.20. The van der Waals surface area contributed by atoms with Gasteiger partial charge in [0.1, 0.15) is 5.69 Å². The van der Waals surface area contributed by atoms with Crippen molar-refractivity contribution in [1.29, 1.82) is 0 Å². The summed E-state index contributed by atoms with van der Waals surface area (Å²) in [6.07, 6.45) is 0. The third-order valence-electron chi connectivity index (χ3n) is 2.68. The van der Waals surface area contributed by atoms with Gasteiger partial charge < -0.3 is 4.74 Å². The number of nitro benzene ring substituents is 1. The maximum atomic E-state index is 11.1. The Balaban J connectivity index is 3.22. The van der Waals surface area contributed by atoms with Gasteiger partial charge in [-0.3, -0.25) is 15.1 Å². The molecule has 116 valence electrons. The number of nitro groups is 1. The average molecular weight is 304 g/mol. The van der Waals surface area contributed by atoms with Crippen LogP contribution in [0.5, 0.6) is 0 Å². The van der Waals surface area contributed by atoms with Crippen molar-refractivity contribution in [1.82, 2.24) is 5.01 Å². The summed E-state index contributed by atoms with van der Waals surface area (Å²) < 4.78 is 4.41. The number of ether oxygens (including phenoxy) is 1. The summed E-state index contributed by atoms with van der Waals surface area (Å²) in [5, 5.41) is 20.6. The van der Waals surface area contributed by atoms with Crippen molar-refractivity contribution in [3.63, 3.8) is 0 Å². The third-order valence-corrected chi connectivity index (χ3v) is 2.68. The van der Waals surface area contributed by atoms with Gasteiger partial charge in [0.15, 0.2) is 0 Å². The second-order valence-corrected chi connectivity index (χ2v) is 4.03. The Morgan fingerprint density at radius 1 is 1.41 bits per heavy atom. The molecule has 22 heavy (non-hydrogen) atoms. The van der Waals surface area contributed by atoms with Crippen molar-refractivity contribution in [3.05, 3.63) is 33.9 Å². The van der Waals surface area contributed by atoms with Crippen LogP contribution in [0, 0.1) is 22.0 Å². The predicted molar refractivity (Wildman–Crippen MR) is 79.4 cm³/mol. The number of carbonyl (C=O) groups excluding carboxylic acids is 1. The average Bonchev–Trinajstić information content (AvgIpc) is 2.53. The van der Waals surface area contributed by atoms with E-state index in [0.29, 0.717) is 18.8 Å². The number of rotatable bonds is 5. The Bertz CT molecular complexity index is 642. The second-order valence-electron chi connectivity index (χ2n) is 4.03. The number of non-ortho nitro benzene ring substituents is 1. The van der Waals surface area contributed by atoms with Crippen molar-refractivity contribution in [2.75, 3.05) is 20.2 Å². The molecule has 0 atom stereocenters. The fourth-order valence-corrected chi connectivity index (χ4v) is 1.46. The van der Waals surface area contributed by atoms with Gasteiger partial charge in [-0.1, -0.05) is 11.1 Å². The van der Waals surface area contributed by atoms with Crippen molar-refractivity contribution >= 4 is 17.3 Å². The molecule has 1 aromatic carbocycles. The number of benzene rings is 1. The Hall–Kier alpha value is -2.95. The molecule has 1 rings (SSSR count). The topological polar surface area (TPSA) is 97.4 Å². The maximum absolute atomic E-state index is 11.1. The van der Waals surface area contributed by atoms with E-state index in [1.165, 1.54) is 25.3 Å². The summed E-state index contributed by atoms with van der Waals surface area (Å²) in [6.45, 7) is 5.21. The lowest BCUT2D eigenvalue weighted by Gasteiger charge is -2.11. The van der Waals surface area contributed by atoms with Crippen molar-refractivity contribution in [2.45, 2.75) is 13.8 Å². The lowest BCUT2D eigenvalue weighted by molar-refractivity contribution is -0.384. The Kier molecular flexibility index (Phi) is 6.50. The molecule has 8 nitrogen and oxygen atoms in total. The fourth-order valence-electron chi connectivity index (χ4n) is 1.46. The standard InChI is InChI=1S/C14H16N4O4/c1-4-17(5-2)16-15-13-8-7-12(18(20)21)10-11(13)6-9-14(19)22-3/h7-8,10H,4-5H2,1-3H3. The van der Waals surface area contributed by atoms with Crippen LogP contribution in [0.15, 0.2) is 28.5 Å². The molecular weight excluding hydrogens is 288 g/mol. The minimum Gasteiger partial charge on any atom is -0.459 e. The van der Waals surface area contributed by atoms with Crippen molar-refractivity contribution in [2.24, 2.45) is 10.3 Å². The van der Waals surface area contributed by atoms with E-state index in [0.717, 1.165) is 0 Å². The molecule has 0 N–H and O–H groups in total. The monoisotopic (exact) mass is 304 g/mol. The molecule has 0 aromatic heterocycles. The lowest BCUT2D eigenvalue weighted by atomic mass is 10.1. The molecule has 0 amide bonds. The highest BCUT2D eigenvalue weighted by molar-refractivity contribution is 5.89. The molecule has 0 aliphatic heterocycles. The molecule has 1 aromatic rings. The van der Waals surface area contributed by atoms with Crippen LogP contribution in [-0.4, -0.2) is 36.1 Å². The molecule has 8 heteroatoms. The van der Waals surface area contributed by atoms with E-state index in [9.17, 15) is 14.9 Å². The normalized spacial score (nSPS) is 9.95. The van der Waals surface area contributed by atoms with E-state index in [2.05, 4.69) is 26.9 Å². The smallest absolute Gasteiger partial charge is 0.384 e. The highest BCUT2D eigenvalue weighted by Crippen LogP contribution is 2.24. The molecule has 0 saturated heterocycles. The van der Waals surface area contributed by atoms with Gasteiger partial charge in [0.25, 0.3) is 5.69 Å². The molecule has 0 radical (unpaired) electrons. The quantitative estimate of drug-likeness (QED) is 0.273. The zero-order chi connectivity index (χ0) is 16.5. The highest BCUT2D eigenvalue weighted by atomic mass is 16.6. The minimum atomic E-state index is -0.738. The van der Waals surface area contributed by atoms with Crippen LogP contribution in [0.1, 0.15) is 19.4 Å². The molecule has 0 aliphatic rings. The van der Waals surface area contributed by atoms with E-state index < -0.39 is 10.9 Å². The summed E-state index contributed by atoms with van der Waals surface area (Å²) in [5.41, 5.74) is 0.431. The van der Waals surface area contributed by atoms with Gasteiger partial charge in [0, 0.05) is 31.1 Å². The maximum Gasteiger partial charge on any atom is 0.384 e. The number of hydrogen-bond donors (Lipinski definition) is 0. The van der Waals surface area contributed by atoms with Gasteiger partial charge in [-0.25, -0.2) is 4.79 Å². The Morgan fingerprint density at radius 2 is 2.09 bits per heavy atom. The molecular formula is C14H16N4O4. The van der Waals surface area contributed by atoms with E-state index in [4.69, 9.17) is 0 Å². The molecule has 0 spiro atoms. The Labute approximate surface area is 127 Å². The highest BCUT2D eigenvalue weighted by Gasteiger charge is 2.10. The first-order chi connectivity index (χ1) is 10.5. The molecule has 0 aliphatic carbocycles. The van der Waals surface area contributed by atoms with Gasteiger partial charge in [0.05, 0.1) is 17.6 Å². The minimum absolute atomic E-state index is 0.143. The van der Waals surface area contributed by atoms with Crippen LogP contribution in [0.4, 0.5) is 11.4 Å². The SMILES string of the molecule is CCN(CC)N=Nc1ccc([N+](=O)[O-])cc1C#CC(=O)OC. The van der Waals surface area contributed by atoms with E-state index in [1.807, 2.05) is 13.8 Å². The summed E-state index contributed by atoms with van der Waals surface area (Å²) in [5.74, 6) is 4.00. The van der Waals surface area contributed by atoms with Crippen LogP contribution in [0.2, 0.25) is 0 Å².